The third-order valence-electron chi connectivity index (χ3n) is 6.82. The van der Waals surface area contributed by atoms with E-state index in [-0.39, 0.29) is 24.2 Å². The predicted molar refractivity (Wildman–Crippen MR) is 125 cm³/mol. The lowest BCUT2D eigenvalue weighted by Crippen LogP contribution is -2.58. The number of hydrogen-bond acceptors (Lipinski definition) is 6. The molecule has 1 aliphatic heterocycles. The molecule has 8 heteroatoms. The van der Waals surface area contributed by atoms with Crippen LogP contribution >= 0.6 is 0 Å². The fourth-order valence-corrected chi connectivity index (χ4v) is 4.88. The van der Waals surface area contributed by atoms with Gasteiger partial charge >= 0.3 is 0 Å². The topological polar surface area (TPSA) is 83.0 Å². The van der Waals surface area contributed by atoms with Crippen molar-refractivity contribution in [2.75, 3.05) is 18.0 Å². The van der Waals surface area contributed by atoms with Crippen molar-refractivity contribution in [2.45, 2.75) is 58.3 Å². The first-order chi connectivity index (χ1) is 15.5. The molecule has 0 radical (unpaired) electrons. The first kappa shape index (κ1) is 22.0. The van der Waals surface area contributed by atoms with Crippen LogP contribution in [-0.4, -0.2) is 49.4 Å². The fourth-order valence-electron chi connectivity index (χ4n) is 4.88. The van der Waals surface area contributed by atoms with Crippen molar-refractivity contribution in [1.29, 1.82) is 5.26 Å². The summed E-state index contributed by atoms with van der Waals surface area (Å²) in [6, 6.07) is 8.85. The normalized spacial score (nSPS) is 20.4. The van der Waals surface area contributed by atoms with Gasteiger partial charge in [0, 0.05) is 56.7 Å². The van der Waals surface area contributed by atoms with Crippen molar-refractivity contribution in [3.63, 3.8) is 0 Å². The maximum absolute atomic E-state index is 12.8. The minimum atomic E-state index is -0.0573. The highest BCUT2D eigenvalue weighted by molar-refractivity contribution is 5.88. The van der Waals surface area contributed by atoms with E-state index < -0.39 is 0 Å². The van der Waals surface area contributed by atoms with Crippen LogP contribution in [0.3, 0.4) is 0 Å². The monoisotopic (exact) mass is 433 g/mol. The van der Waals surface area contributed by atoms with Gasteiger partial charge in [0.1, 0.15) is 12.1 Å². The molecule has 0 aromatic carbocycles. The van der Waals surface area contributed by atoms with Gasteiger partial charge in [0.05, 0.1) is 23.5 Å². The van der Waals surface area contributed by atoms with Gasteiger partial charge in [-0.25, -0.2) is 0 Å². The van der Waals surface area contributed by atoms with Crippen LogP contribution in [0.5, 0.6) is 0 Å². The van der Waals surface area contributed by atoms with Gasteiger partial charge in [0.2, 0.25) is 0 Å². The van der Waals surface area contributed by atoms with Crippen LogP contribution < -0.4 is 10.5 Å². The Morgan fingerprint density at radius 3 is 2.69 bits per heavy atom. The van der Waals surface area contributed by atoms with Gasteiger partial charge in [-0.2, -0.15) is 10.4 Å². The predicted octanol–water partition coefficient (Wildman–Crippen LogP) is 3.09. The third-order valence-corrected chi connectivity index (χ3v) is 6.82. The molecular formula is C24H31N7O. The second-order valence-corrected chi connectivity index (χ2v) is 8.58. The summed E-state index contributed by atoms with van der Waals surface area (Å²) in [4.78, 5) is 22.0. The lowest BCUT2D eigenvalue weighted by atomic mass is 9.97. The van der Waals surface area contributed by atoms with E-state index in [9.17, 15) is 4.79 Å². The van der Waals surface area contributed by atoms with Crippen molar-refractivity contribution in [3.8, 4) is 6.07 Å². The van der Waals surface area contributed by atoms with Gasteiger partial charge in [-0.05, 0) is 31.4 Å². The Morgan fingerprint density at radius 2 is 2.03 bits per heavy atom. The number of aromatic nitrogens is 4. The zero-order chi connectivity index (χ0) is 22.8. The minimum absolute atomic E-state index is 0.0573. The molecule has 0 spiro atoms. The van der Waals surface area contributed by atoms with Gasteiger partial charge in [-0.3, -0.25) is 19.4 Å². The molecule has 3 aromatic rings. The van der Waals surface area contributed by atoms with Crippen LogP contribution in [0.15, 0.2) is 41.6 Å². The van der Waals surface area contributed by atoms with Crippen molar-refractivity contribution in [3.05, 3.63) is 52.7 Å². The van der Waals surface area contributed by atoms with Gasteiger partial charge in [-0.15, -0.1) is 0 Å². The molecule has 1 saturated heterocycles. The summed E-state index contributed by atoms with van der Waals surface area (Å²) in [5, 5.41) is 13.8. The fraction of sp³-hybridized carbons (Fsp3) is 0.500. The van der Waals surface area contributed by atoms with Crippen LogP contribution in [0.2, 0.25) is 0 Å². The van der Waals surface area contributed by atoms with Gasteiger partial charge in [0.25, 0.3) is 5.56 Å². The summed E-state index contributed by atoms with van der Waals surface area (Å²) in [6.45, 7) is 8.56. The number of rotatable bonds is 6. The standard InChI is InChI=1S/C24H31N7O/c1-5-19-15-31(20(6-2)14-30(19)17(3)18-8-7-10-26-13-18)21-12-23(32)28(4)22-16-29(11-9-25)27-24(21)22/h7-8,10,12-13,16-17,19-20H,5-6,11,14-15H2,1-4H3/t17?,19-,20+/m1/s1. The highest BCUT2D eigenvalue weighted by Gasteiger charge is 2.36. The molecule has 3 atom stereocenters. The summed E-state index contributed by atoms with van der Waals surface area (Å²) >= 11 is 0. The molecule has 4 rings (SSSR count). The number of hydrogen-bond donors (Lipinski definition) is 0. The highest BCUT2D eigenvalue weighted by Crippen LogP contribution is 2.34. The first-order valence-corrected chi connectivity index (χ1v) is 11.3. The smallest absolute Gasteiger partial charge is 0.252 e. The SMILES string of the molecule is CC[C@H]1CN(C(C)c2cccnc2)[C@H](CC)CN1c1cc(=O)n(C)c2cn(CC#N)nc12. The first-order valence-electron chi connectivity index (χ1n) is 11.3. The van der Waals surface area contributed by atoms with E-state index in [1.54, 1.807) is 28.6 Å². The average Bonchev–Trinajstić information content (AvgIpc) is 3.25. The van der Waals surface area contributed by atoms with Gasteiger partial charge in [-0.1, -0.05) is 19.9 Å². The second kappa shape index (κ2) is 9.13. The third kappa shape index (κ3) is 3.89. The van der Waals surface area contributed by atoms with E-state index in [1.165, 1.54) is 5.56 Å². The maximum Gasteiger partial charge on any atom is 0.252 e. The second-order valence-electron chi connectivity index (χ2n) is 8.58. The highest BCUT2D eigenvalue weighted by atomic mass is 16.1. The Bertz CT molecular complexity index is 1180. The van der Waals surface area contributed by atoms with Crippen LogP contribution in [-0.2, 0) is 13.6 Å². The summed E-state index contributed by atoms with van der Waals surface area (Å²) in [5.41, 5.74) is 3.58. The Labute approximate surface area is 188 Å². The maximum atomic E-state index is 12.8. The Hall–Kier alpha value is -3.18. The van der Waals surface area contributed by atoms with Crippen molar-refractivity contribution < 1.29 is 0 Å². The van der Waals surface area contributed by atoms with E-state index in [2.05, 4.69) is 52.8 Å². The van der Waals surface area contributed by atoms with Crippen LogP contribution in [0.25, 0.3) is 11.0 Å². The number of piperazine rings is 1. The largest absolute Gasteiger partial charge is 0.364 e. The molecule has 4 heterocycles. The molecule has 1 unspecified atom stereocenters. The van der Waals surface area contributed by atoms with E-state index in [1.807, 2.05) is 18.5 Å². The zero-order valence-electron chi connectivity index (χ0n) is 19.3. The van der Waals surface area contributed by atoms with Crippen molar-refractivity contribution >= 4 is 16.7 Å². The molecule has 8 nitrogen and oxygen atoms in total. The molecule has 168 valence electrons. The Balaban J connectivity index is 1.74. The molecule has 0 saturated carbocycles. The molecule has 0 aliphatic carbocycles. The zero-order valence-corrected chi connectivity index (χ0v) is 19.3. The molecule has 1 fully saturated rings. The van der Waals surface area contributed by atoms with E-state index in [0.717, 1.165) is 42.7 Å². The van der Waals surface area contributed by atoms with E-state index in [4.69, 9.17) is 5.26 Å². The number of nitriles is 1. The molecule has 1 aliphatic rings. The van der Waals surface area contributed by atoms with Crippen molar-refractivity contribution in [1.82, 2.24) is 24.2 Å². The average molecular weight is 434 g/mol. The van der Waals surface area contributed by atoms with E-state index >= 15 is 0 Å². The van der Waals surface area contributed by atoms with Crippen LogP contribution in [0.4, 0.5) is 5.69 Å². The molecule has 0 bridgehead atoms. The molecule has 0 amide bonds. The summed E-state index contributed by atoms with van der Waals surface area (Å²) in [7, 11) is 1.76. The Kier molecular flexibility index (Phi) is 6.28. The molecule has 3 aromatic heterocycles. The molecule has 32 heavy (non-hydrogen) atoms. The lowest BCUT2D eigenvalue weighted by Gasteiger charge is -2.49. The van der Waals surface area contributed by atoms with Gasteiger partial charge < -0.3 is 9.47 Å². The molecular weight excluding hydrogens is 402 g/mol. The van der Waals surface area contributed by atoms with Crippen LogP contribution in [0, 0.1) is 11.3 Å². The number of aryl methyl sites for hydroxylation is 1. The summed E-state index contributed by atoms with van der Waals surface area (Å²) < 4.78 is 3.23. The Morgan fingerprint density at radius 1 is 1.25 bits per heavy atom. The van der Waals surface area contributed by atoms with Crippen molar-refractivity contribution in [2.24, 2.45) is 7.05 Å². The van der Waals surface area contributed by atoms with Gasteiger partial charge in [0.15, 0.2) is 0 Å². The van der Waals surface area contributed by atoms with Crippen LogP contribution in [0.1, 0.15) is 45.2 Å². The number of fused-ring (bicyclic) bond motifs is 1. The van der Waals surface area contributed by atoms with E-state index in [0.29, 0.717) is 6.04 Å². The number of anilines is 1. The minimum Gasteiger partial charge on any atom is -0.364 e. The molecule has 0 N–H and O–H groups in total. The summed E-state index contributed by atoms with van der Waals surface area (Å²) in [5.74, 6) is 0. The summed E-state index contributed by atoms with van der Waals surface area (Å²) in [6.07, 6.45) is 7.53. The lowest BCUT2D eigenvalue weighted by molar-refractivity contribution is 0.101. The number of nitrogens with zero attached hydrogens (tertiary/aromatic N) is 7. The number of pyridine rings is 2. The quantitative estimate of drug-likeness (QED) is 0.594.